The average molecular weight is 348 g/mol. The molecule has 0 atom stereocenters. The van der Waals surface area contributed by atoms with Crippen molar-refractivity contribution in [2.75, 3.05) is 19.6 Å². The predicted octanol–water partition coefficient (Wildman–Crippen LogP) is -0.166. The minimum Gasteiger partial charge on any atom is -0.480 e. The lowest BCUT2D eigenvalue weighted by molar-refractivity contribution is -0.135. The molecule has 2 rings (SSSR count). The standard InChI is InChI=1S/C12H16N2O6S2/c15-12(16)9-13-21(17,18)10-4-3-5-11(8-10)22(19,20)14-6-1-2-7-14/h3-5,8,13H,1-2,6-7,9H2,(H,15,16). The number of rotatable bonds is 6. The number of hydrogen-bond acceptors (Lipinski definition) is 5. The molecule has 22 heavy (non-hydrogen) atoms. The number of aliphatic carboxylic acids is 1. The highest BCUT2D eigenvalue weighted by Crippen LogP contribution is 2.22. The number of sulfonamides is 2. The zero-order chi connectivity index (χ0) is 16.4. The van der Waals surface area contributed by atoms with Gasteiger partial charge in [0.25, 0.3) is 0 Å². The number of nitrogens with one attached hydrogen (secondary N) is 1. The van der Waals surface area contributed by atoms with E-state index in [1.54, 1.807) is 0 Å². The second kappa shape index (κ2) is 6.32. The van der Waals surface area contributed by atoms with E-state index in [0.29, 0.717) is 13.1 Å². The molecule has 0 bridgehead atoms. The highest BCUT2D eigenvalue weighted by atomic mass is 32.2. The van der Waals surface area contributed by atoms with E-state index in [-0.39, 0.29) is 9.79 Å². The third-order valence-electron chi connectivity index (χ3n) is 3.23. The fourth-order valence-electron chi connectivity index (χ4n) is 2.12. The van der Waals surface area contributed by atoms with Crippen molar-refractivity contribution in [2.45, 2.75) is 22.6 Å². The van der Waals surface area contributed by atoms with Crippen LogP contribution in [0.2, 0.25) is 0 Å². The second-order valence-corrected chi connectivity index (χ2v) is 8.51. The molecule has 2 N–H and O–H groups in total. The first-order chi connectivity index (χ1) is 10.2. The van der Waals surface area contributed by atoms with Crippen molar-refractivity contribution >= 4 is 26.0 Å². The minimum absolute atomic E-state index is 0.118. The molecule has 1 aliphatic heterocycles. The van der Waals surface area contributed by atoms with Crippen LogP contribution in [0.15, 0.2) is 34.1 Å². The molecule has 0 spiro atoms. The molecule has 0 amide bonds. The summed E-state index contributed by atoms with van der Waals surface area (Å²) in [6.07, 6.45) is 1.55. The van der Waals surface area contributed by atoms with E-state index >= 15 is 0 Å². The summed E-state index contributed by atoms with van der Waals surface area (Å²) >= 11 is 0. The molecule has 122 valence electrons. The summed E-state index contributed by atoms with van der Waals surface area (Å²) < 4.78 is 51.9. The lowest BCUT2D eigenvalue weighted by Crippen LogP contribution is -2.30. The first-order valence-corrected chi connectivity index (χ1v) is 9.47. The molecule has 1 aliphatic rings. The van der Waals surface area contributed by atoms with Crippen LogP contribution in [0, 0.1) is 0 Å². The maximum absolute atomic E-state index is 12.4. The number of hydrogen-bond donors (Lipinski definition) is 2. The molecular weight excluding hydrogens is 332 g/mol. The Morgan fingerprint density at radius 2 is 1.73 bits per heavy atom. The normalized spacial score (nSPS) is 16.7. The fraction of sp³-hybridized carbons (Fsp3) is 0.417. The third kappa shape index (κ3) is 3.64. The van der Waals surface area contributed by atoms with Gasteiger partial charge < -0.3 is 5.11 Å². The smallest absolute Gasteiger partial charge is 0.318 e. The fourth-order valence-corrected chi connectivity index (χ4v) is 4.78. The van der Waals surface area contributed by atoms with Gasteiger partial charge in [-0.2, -0.15) is 9.03 Å². The van der Waals surface area contributed by atoms with Crippen LogP contribution in [0.25, 0.3) is 0 Å². The molecule has 1 saturated heterocycles. The molecule has 1 aromatic rings. The Bertz CT molecular complexity index is 767. The lowest BCUT2D eigenvalue weighted by Gasteiger charge is -2.16. The van der Waals surface area contributed by atoms with Gasteiger partial charge in [-0.15, -0.1) is 0 Å². The van der Waals surface area contributed by atoms with Gasteiger partial charge in [0.15, 0.2) is 0 Å². The summed E-state index contributed by atoms with van der Waals surface area (Å²) in [7, 11) is -7.80. The molecule has 0 unspecified atom stereocenters. The maximum atomic E-state index is 12.4. The molecule has 1 heterocycles. The van der Waals surface area contributed by atoms with E-state index in [9.17, 15) is 21.6 Å². The van der Waals surface area contributed by atoms with Gasteiger partial charge in [-0.05, 0) is 31.0 Å². The van der Waals surface area contributed by atoms with E-state index in [0.717, 1.165) is 18.9 Å². The maximum Gasteiger partial charge on any atom is 0.318 e. The Balaban J connectivity index is 2.32. The Morgan fingerprint density at radius 3 is 2.32 bits per heavy atom. The minimum atomic E-state index is -4.08. The topological polar surface area (TPSA) is 121 Å². The average Bonchev–Trinajstić information content (AvgIpc) is 3.00. The van der Waals surface area contributed by atoms with Crippen molar-refractivity contribution in [3.8, 4) is 0 Å². The van der Waals surface area contributed by atoms with Crippen molar-refractivity contribution in [3.05, 3.63) is 24.3 Å². The van der Waals surface area contributed by atoms with Crippen molar-refractivity contribution in [1.29, 1.82) is 0 Å². The van der Waals surface area contributed by atoms with Gasteiger partial charge in [0.1, 0.15) is 6.54 Å². The summed E-state index contributed by atoms with van der Waals surface area (Å²) in [6, 6.07) is 4.90. The van der Waals surface area contributed by atoms with Crippen LogP contribution in [0.1, 0.15) is 12.8 Å². The molecule has 1 fully saturated rings. The second-order valence-electron chi connectivity index (χ2n) is 4.80. The Kier molecular flexibility index (Phi) is 4.85. The van der Waals surface area contributed by atoms with Crippen LogP contribution in [0.4, 0.5) is 0 Å². The van der Waals surface area contributed by atoms with Gasteiger partial charge in [0.05, 0.1) is 9.79 Å². The number of nitrogens with zero attached hydrogens (tertiary/aromatic N) is 1. The van der Waals surface area contributed by atoms with Gasteiger partial charge >= 0.3 is 5.97 Å². The lowest BCUT2D eigenvalue weighted by atomic mass is 10.4. The summed E-state index contributed by atoms with van der Waals surface area (Å²) in [6.45, 7) is 0.0542. The molecule has 0 aliphatic carbocycles. The van der Waals surface area contributed by atoms with E-state index in [1.807, 2.05) is 4.72 Å². The summed E-state index contributed by atoms with van der Waals surface area (Å²) in [5.74, 6) is -1.33. The van der Waals surface area contributed by atoms with Crippen LogP contribution in [-0.4, -0.2) is 51.9 Å². The zero-order valence-electron chi connectivity index (χ0n) is 11.6. The van der Waals surface area contributed by atoms with E-state index in [2.05, 4.69) is 0 Å². The number of carboxylic acid groups (broad SMARTS) is 1. The molecule has 1 aromatic carbocycles. The quantitative estimate of drug-likeness (QED) is 0.736. The summed E-state index contributed by atoms with van der Waals surface area (Å²) in [4.78, 5) is 10.0. The van der Waals surface area contributed by atoms with Crippen molar-refractivity contribution in [3.63, 3.8) is 0 Å². The zero-order valence-corrected chi connectivity index (χ0v) is 13.2. The SMILES string of the molecule is O=C(O)CNS(=O)(=O)c1cccc(S(=O)(=O)N2CCCC2)c1. The third-order valence-corrected chi connectivity index (χ3v) is 6.53. The molecule has 0 saturated carbocycles. The van der Waals surface area contributed by atoms with Crippen LogP contribution < -0.4 is 4.72 Å². The number of benzene rings is 1. The molecular formula is C12H16N2O6S2. The van der Waals surface area contributed by atoms with Crippen LogP contribution in [0.3, 0.4) is 0 Å². The Labute approximate surface area is 128 Å². The highest BCUT2D eigenvalue weighted by Gasteiger charge is 2.28. The monoisotopic (exact) mass is 348 g/mol. The highest BCUT2D eigenvalue weighted by molar-refractivity contribution is 7.90. The summed E-state index contributed by atoms with van der Waals surface area (Å²) in [5.41, 5.74) is 0. The molecule has 0 aromatic heterocycles. The first kappa shape index (κ1) is 16.9. The molecule has 0 radical (unpaired) electrons. The predicted molar refractivity (Wildman–Crippen MR) is 77.3 cm³/mol. The van der Waals surface area contributed by atoms with Crippen molar-refractivity contribution in [2.24, 2.45) is 0 Å². The van der Waals surface area contributed by atoms with Crippen molar-refractivity contribution < 1.29 is 26.7 Å². The Hall–Kier alpha value is -1.49. The largest absolute Gasteiger partial charge is 0.480 e. The van der Waals surface area contributed by atoms with Gasteiger partial charge in [-0.1, -0.05) is 6.07 Å². The van der Waals surface area contributed by atoms with Gasteiger partial charge in [-0.3, -0.25) is 4.79 Å². The van der Waals surface area contributed by atoms with Gasteiger partial charge in [-0.25, -0.2) is 16.8 Å². The Morgan fingerprint density at radius 1 is 1.14 bits per heavy atom. The van der Waals surface area contributed by atoms with E-state index in [4.69, 9.17) is 5.11 Å². The van der Waals surface area contributed by atoms with Gasteiger partial charge in [0, 0.05) is 13.1 Å². The summed E-state index contributed by atoms with van der Waals surface area (Å²) in [5, 5.41) is 8.52. The number of carbonyl (C=O) groups is 1. The molecule has 8 nitrogen and oxygen atoms in total. The van der Waals surface area contributed by atoms with E-state index < -0.39 is 32.6 Å². The van der Waals surface area contributed by atoms with Gasteiger partial charge in [0.2, 0.25) is 20.0 Å². The number of carboxylic acids is 1. The van der Waals surface area contributed by atoms with Crippen LogP contribution >= 0.6 is 0 Å². The van der Waals surface area contributed by atoms with Crippen LogP contribution in [0.5, 0.6) is 0 Å². The van der Waals surface area contributed by atoms with Crippen LogP contribution in [-0.2, 0) is 24.8 Å². The molecule has 10 heteroatoms. The van der Waals surface area contributed by atoms with Crippen molar-refractivity contribution in [1.82, 2.24) is 9.03 Å². The van der Waals surface area contributed by atoms with E-state index in [1.165, 1.54) is 22.5 Å². The first-order valence-electron chi connectivity index (χ1n) is 6.55.